The zero-order chi connectivity index (χ0) is 19.0. The number of nitrogens with two attached hydrogens (primary N) is 1. The molecule has 3 heterocycles. The van der Waals surface area contributed by atoms with E-state index in [-0.39, 0.29) is 29.3 Å². The summed E-state index contributed by atoms with van der Waals surface area (Å²) >= 11 is 0. The molecule has 0 unspecified atom stereocenters. The molecule has 1 saturated carbocycles. The van der Waals surface area contributed by atoms with Gasteiger partial charge in [0.15, 0.2) is 5.69 Å². The van der Waals surface area contributed by atoms with Crippen molar-refractivity contribution in [1.29, 1.82) is 0 Å². The van der Waals surface area contributed by atoms with E-state index in [0.29, 0.717) is 18.8 Å². The Morgan fingerprint density at radius 1 is 1.26 bits per heavy atom. The van der Waals surface area contributed by atoms with Gasteiger partial charge in [0.25, 0.3) is 5.91 Å². The number of piperidine rings is 1. The van der Waals surface area contributed by atoms with Crippen LogP contribution in [0.1, 0.15) is 68.4 Å². The van der Waals surface area contributed by atoms with Gasteiger partial charge in [-0.2, -0.15) is 0 Å². The highest BCUT2D eigenvalue weighted by molar-refractivity contribution is 5.93. The maximum absolute atomic E-state index is 12.9. The molecular formula is C19H30N6O2. The Morgan fingerprint density at radius 2 is 2.04 bits per heavy atom. The molecule has 1 aromatic rings. The third kappa shape index (κ3) is 3.35. The molecule has 8 heteroatoms. The van der Waals surface area contributed by atoms with E-state index in [1.165, 1.54) is 0 Å². The Bertz CT molecular complexity index is 711. The molecule has 2 N–H and O–H groups in total. The first-order valence-electron chi connectivity index (χ1n) is 10.3. The molecule has 27 heavy (non-hydrogen) atoms. The first-order valence-corrected chi connectivity index (χ1v) is 10.3. The first kappa shape index (κ1) is 18.4. The number of aromatic nitrogens is 3. The van der Waals surface area contributed by atoms with E-state index in [1.54, 1.807) is 11.1 Å². The Morgan fingerprint density at radius 3 is 2.78 bits per heavy atom. The smallest absolute Gasteiger partial charge is 0.276 e. The highest BCUT2D eigenvalue weighted by Crippen LogP contribution is 2.40. The average molecular weight is 374 g/mol. The third-order valence-electron chi connectivity index (χ3n) is 6.69. The molecule has 2 aliphatic heterocycles. The summed E-state index contributed by atoms with van der Waals surface area (Å²) in [5.41, 5.74) is 5.97. The quantitative estimate of drug-likeness (QED) is 0.857. The summed E-state index contributed by atoms with van der Waals surface area (Å²) in [5, 5.41) is 8.34. The van der Waals surface area contributed by atoms with Crippen molar-refractivity contribution in [3.8, 4) is 0 Å². The first-order chi connectivity index (χ1) is 13.0. The monoisotopic (exact) mass is 374 g/mol. The Hall–Kier alpha value is -1.96. The molecule has 0 bridgehead atoms. The number of rotatable bonds is 3. The van der Waals surface area contributed by atoms with Crippen molar-refractivity contribution >= 4 is 11.8 Å². The maximum atomic E-state index is 12.9. The average Bonchev–Trinajstić information content (AvgIpc) is 3.33. The van der Waals surface area contributed by atoms with Gasteiger partial charge < -0.3 is 15.5 Å². The second kappa shape index (κ2) is 7.22. The van der Waals surface area contributed by atoms with E-state index >= 15 is 0 Å². The van der Waals surface area contributed by atoms with Crippen LogP contribution in [-0.4, -0.2) is 68.8 Å². The van der Waals surface area contributed by atoms with Crippen LogP contribution in [0.25, 0.3) is 0 Å². The van der Waals surface area contributed by atoms with Crippen LogP contribution in [0, 0.1) is 5.41 Å². The number of amides is 2. The van der Waals surface area contributed by atoms with Crippen LogP contribution < -0.4 is 5.73 Å². The summed E-state index contributed by atoms with van der Waals surface area (Å²) in [5.74, 6) is 0.112. The van der Waals surface area contributed by atoms with Crippen LogP contribution in [0.2, 0.25) is 0 Å². The molecule has 148 valence electrons. The van der Waals surface area contributed by atoms with E-state index < -0.39 is 0 Å². The van der Waals surface area contributed by atoms with E-state index in [0.717, 1.165) is 58.0 Å². The lowest BCUT2D eigenvalue weighted by Crippen LogP contribution is -2.50. The summed E-state index contributed by atoms with van der Waals surface area (Å²) in [6.07, 6.45) is 8.34. The van der Waals surface area contributed by atoms with Crippen molar-refractivity contribution in [3.05, 3.63) is 11.9 Å². The SMILES string of the molecule is CCN1CCC[C@@]2(CCN(C(=O)c3cn(C4CCC(N)CC4)nn3)C2)C1=O. The standard InChI is InChI=1S/C19H30N6O2/c1-2-23-10-3-8-19(18(23)27)9-11-24(13-19)17(26)16-12-25(22-21-16)15-6-4-14(20)5-7-15/h12,14-15H,2-11,13,20H2,1H3/t14?,15?,19-/m0/s1. The molecule has 4 rings (SSSR count). The highest BCUT2D eigenvalue weighted by Gasteiger charge is 2.49. The molecule has 3 fully saturated rings. The van der Waals surface area contributed by atoms with Crippen LogP contribution in [-0.2, 0) is 4.79 Å². The molecule has 8 nitrogen and oxygen atoms in total. The van der Waals surface area contributed by atoms with E-state index in [1.807, 2.05) is 16.5 Å². The van der Waals surface area contributed by atoms with Gasteiger partial charge in [-0.05, 0) is 51.9 Å². The van der Waals surface area contributed by atoms with Crippen molar-refractivity contribution in [2.45, 2.75) is 64.0 Å². The van der Waals surface area contributed by atoms with Crippen molar-refractivity contribution < 1.29 is 9.59 Å². The maximum Gasteiger partial charge on any atom is 0.276 e. The Balaban J connectivity index is 1.43. The van der Waals surface area contributed by atoms with Gasteiger partial charge in [-0.1, -0.05) is 5.21 Å². The second-order valence-electron chi connectivity index (χ2n) is 8.40. The zero-order valence-electron chi connectivity index (χ0n) is 16.1. The predicted molar refractivity (Wildman–Crippen MR) is 99.9 cm³/mol. The topological polar surface area (TPSA) is 97.3 Å². The fourth-order valence-corrected chi connectivity index (χ4v) is 4.96. The molecule has 0 radical (unpaired) electrons. The van der Waals surface area contributed by atoms with E-state index in [2.05, 4.69) is 10.3 Å². The number of carbonyl (C=O) groups is 2. The lowest BCUT2D eigenvalue weighted by molar-refractivity contribution is -0.145. The van der Waals surface area contributed by atoms with Crippen LogP contribution in [0.5, 0.6) is 0 Å². The van der Waals surface area contributed by atoms with Gasteiger partial charge >= 0.3 is 0 Å². The molecule has 1 aromatic heterocycles. The summed E-state index contributed by atoms with van der Waals surface area (Å²) in [6.45, 7) is 4.73. The van der Waals surface area contributed by atoms with Crippen LogP contribution >= 0.6 is 0 Å². The summed E-state index contributed by atoms with van der Waals surface area (Å²) in [7, 11) is 0. The number of hydrogen-bond donors (Lipinski definition) is 1. The van der Waals surface area contributed by atoms with Crippen molar-refractivity contribution in [2.24, 2.45) is 11.1 Å². The van der Waals surface area contributed by atoms with Gasteiger partial charge in [0.1, 0.15) is 0 Å². The van der Waals surface area contributed by atoms with Crippen LogP contribution in [0.15, 0.2) is 6.20 Å². The fraction of sp³-hybridized carbons (Fsp3) is 0.789. The molecular weight excluding hydrogens is 344 g/mol. The van der Waals surface area contributed by atoms with Gasteiger partial charge in [-0.25, -0.2) is 4.68 Å². The normalized spacial score (nSPS) is 31.7. The Labute approximate surface area is 160 Å². The largest absolute Gasteiger partial charge is 0.342 e. The summed E-state index contributed by atoms with van der Waals surface area (Å²) < 4.78 is 1.83. The summed E-state index contributed by atoms with van der Waals surface area (Å²) in [4.78, 5) is 29.5. The third-order valence-corrected chi connectivity index (χ3v) is 6.69. The number of hydrogen-bond acceptors (Lipinski definition) is 5. The lowest BCUT2D eigenvalue weighted by atomic mass is 9.78. The zero-order valence-corrected chi connectivity index (χ0v) is 16.1. The fourth-order valence-electron chi connectivity index (χ4n) is 4.96. The molecule has 3 aliphatic rings. The lowest BCUT2D eigenvalue weighted by Gasteiger charge is -2.38. The number of likely N-dealkylation sites (tertiary alicyclic amines) is 2. The van der Waals surface area contributed by atoms with Crippen LogP contribution in [0.3, 0.4) is 0 Å². The number of nitrogens with zero attached hydrogens (tertiary/aromatic N) is 5. The van der Waals surface area contributed by atoms with E-state index in [4.69, 9.17) is 5.73 Å². The molecule has 2 amide bonds. The molecule has 1 atom stereocenters. The Kier molecular flexibility index (Phi) is 4.92. The van der Waals surface area contributed by atoms with Crippen molar-refractivity contribution in [1.82, 2.24) is 24.8 Å². The predicted octanol–water partition coefficient (Wildman–Crippen LogP) is 1.20. The molecule has 1 aliphatic carbocycles. The number of carbonyl (C=O) groups excluding carboxylic acids is 2. The van der Waals surface area contributed by atoms with Gasteiger partial charge in [0, 0.05) is 32.2 Å². The minimum Gasteiger partial charge on any atom is -0.342 e. The van der Waals surface area contributed by atoms with Crippen molar-refractivity contribution in [2.75, 3.05) is 26.2 Å². The van der Waals surface area contributed by atoms with E-state index in [9.17, 15) is 9.59 Å². The van der Waals surface area contributed by atoms with Gasteiger partial charge in [0.2, 0.25) is 5.91 Å². The second-order valence-corrected chi connectivity index (χ2v) is 8.40. The molecule has 2 saturated heterocycles. The molecule has 0 aromatic carbocycles. The van der Waals surface area contributed by atoms with Gasteiger partial charge in [-0.15, -0.1) is 5.10 Å². The highest BCUT2D eigenvalue weighted by atomic mass is 16.2. The minimum absolute atomic E-state index is 0.105. The van der Waals surface area contributed by atoms with Crippen molar-refractivity contribution in [3.63, 3.8) is 0 Å². The summed E-state index contributed by atoms with van der Waals surface area (Å²) in [6, 6.07) is 0.559. The van der Waals surface area contributed by atoms with Crippen LogP contribution in [0.4, 0.5) is 0 Å². The minimum atomic E-state index is -0.389. The molecule has 1 spiro atoms. The van der Waals surface area contributed by atoms with Gasteiger partial charge in [-0.3, -0.25) is 9.59 Å². The van der Waals surface area contributed by atoms with Gasteiger partial charge in [0.05, 0.1) is 17.7 Å².